The van der Waals surface area contributed by atoms with Crippen LogP contribution in [0.1, 0.15) is 25.0 Å². The number of nitrogens with one attached hydrogen (secondary N) is 1. The summed E-state index contributed by atoms with van der Waals surface area (Å²) >= 11 is 18.2. The van der Waals surface area contributed by atoms with Crippen molar-refractivity contribution in [2.45, 2.75) is 36.8 Å². The minimum absolute atomic E-state index is 0.120. The molecule has 2 rings (SSSR count). The predicted molar refractivity (Wildman–Crippen MR) is 87.6 cm³/mol. The van der Waals surface area contributed by atoms with E-state index in [0.29, 0.717) is 6.54 Å². The van der Waals surface area contributed by atoms with Gasteiger partial charge in [-0.1, -0.05) is 72.9 Å². The van der Waals surface area contributed by atoms with Crippen LogP contribution in [0.5, 0.6) is 0 Å². The first-order valence-corrected chi connectivity index (χ1v) is 8.10. The van der Waals surface area contributed by atoms with Gasteiger partial charge in [-0.05, 0) is 17.5 Å². The molecule has 0 unspecified atom stereocenters. The Labute approximate surface area is 140 Å². The largest absolute Gasteiger partial charge is 0.336 e. The summed E-state index contributed by atoms with van der Waals surface area (Å²) in [4.78, 5) is 14.0. The minimum Gasteiger partial charge on any atom is -0.336 e. The van der Waals surface area contributed by atoms with Gasteiger partial charge in [0.1, 0.15) is 6.17 Å². The number of hydrogen-bond donors (Lipinski definition) is 1. The van der Waals surface area contributed by atoms with Gasteiger partial charge >= 0.3 is 0 Å². The van der Waals surface area contributed by atoms with E-state index >= 15 is 0 Å². The SMILES string of the molecule is CC(C)C(=O)N[C@@H](N1CCc2ccccc2C1)C(Cl)(Cl)Cl. The Morgan fingerprint density at radius 1 is 1.24 bits per heavy atom. The van der Waals surface area contributed by atoms with Gasteiger partial charge in [-0.3, -0.25) is 9.69 Å². The molecule has 1 aromatic carbocycles. The highest BCUT2D eigenvalue weighted by Crippen LogP contribution is 2.34. The zero-order valence-corrected chi connectivity index (χ0v) is 14.3. The van der Waals surface area contributed by atoms with Crippen molar-refractivity contribution in [1.82, 2.24) is 10.2 Å². The van der Waals surface area contributed by atoms with E-state index in [0.717, 1.165) is 13.0 Å². The van der Waals surface area contributed by atoms with E-state index in [-0.39, 0.29) is 11.8 Å². The molecule has 0 saturated carbocycles. The fraction of sp³-hybridized carbons (Fsp3) is 0.533. The lowest BCUT2D eigenvalue weighted by atomic mass is 9.99. The summed E-state index contributed by atoms with van der Waals surface area (Å²) in [7, 11) is 0. The Balaban J connectivity index is 2.17. The van der Waals surface area contributed by atoms with Crippen LogP contribution in [0.25, 0.3) is 0 Å². The number of halogens is 3. The molecule has 1 aliphatic heterocycles. The van der Waals surface area contributed by atoms with Crippen LogP contribution >= 0.6 is 34.8 Å². The van der Waals surface area contributed by atoms with Gasteiger partial charge in [-0.15, -0.1) is 0 Å². The van der Waals surface area contributed by atoms with E-state index < -0.39 is 9.96 Å². The molecular weight excluding hydrogens is 331 g/mol. The molecule has 0 radical (unpaired) electrons. The zero-order chi connectivity index (χ0) is 15.6. The van der Waals surface area contributed by atoms with E-state index in [1.54, 1.807) is 0 Å². The summed E-state index contributed by atoms with van der Waals surface area (Å²) in [6.07, 6.45) is 0.246. The first-order valence-electron chi connectivity index (χ1n) is 6.97. The third-order valence-electron chi connectivity index (χ3n) is 3.64. The number of hydrogen-bond acceptors (Lipinski definition) is 2. The van der Waals surface area contributed by atoms with Crippen molar-refractivity contribution in [2.24, 2.45) is 5.92 Å². The molecule has 0 spiro atoms. The molecule has 3 nitrogen and oxygen atoms in total. The first-order chi connectivity index (χ1) is 9.79. The molecule has 116 valence electrons. The highest BCUT2D eigenvalue weighted by Gasteiger charge is 2.39. The normalized spacial score (nSPS) is 17.4. The monoisotopic (exact) mass is 348 g/mol. The van der Waals surface area contributed by atoms with Crippen molar-refractivity contribution in [1.29, 1.82) is 0 Å². The van der Waals surface area contributed by atoms with Gasteiger partial charge in [0.2, 0.25) is 9.70 Å². The standard InChI is InChI=1S/C15H19Cl3N2O/c1-10(2)13(21)19-14(15(16,17)18)20-8-7-11-5-3-4-6-12(11)9-20/h3-6,10,14H,7-9H2,1-2H3,(H,19,21)/t14-/m0/s1. The number of fused-ring (bicyclic) bond motifs is 1. The maximum atomic E-state index is 12.0. The highest BCUT2D eigenvalue weighted by atomic mass is 35.6. The molecule has 6 heteroatoms. The molecule has 0 aromatic heterocycles. The topological polar surface area (TPSA) is 32.3 Å². The molecule has 0 fully saturated rings. The van der Waals surface area contributed by atoms with Crippen LogP contribution in [0.3, 0.4) is 0 Å². The van der Waals surface area contributed by atoms with Crippen molar-refractivity contribution >= 4 is 40.7 Å². The number of alkyl halides is 3. The maximum absolute atomic E-state index is 12.0. The molecule has 1 aliphatic rings. The minimum atomic E-state index is -1.57. The number of carbonyl (C=O) groups excluding carboxylic acids is 1. The summed E-state index contributed by atoms with van der Waals surface area (Å²) in [5, 5.41) is 2.85. The zero-order valence-electron chi connectivity index (χ0n) is 12.1. The molecule has 1 N–H and O–H groups in total. The van der Waals surface area contributed by atoms with Crippen molar-refractivity contribution in [3.8, 4) is 0 Å². The van der Waals surface area contributed by atoms with Crippen LogP contribution in [-0.2, 0) is 17.8 Å². The molecule has 1 aromatic rings. The van der Waals surface area contributed by atoms with E-state index in [4.69, 9.17) is 34.8 Å². The highest BCUT2D eigenvalue weighted by molar-refractivity contribution is 6.68. The summed E-state index contributed by atoms with van der Waals surface area (Å²) in [5.74, 6) is -0.276. The number of amides is 1. The van der Waals surface area contributed by atoms with Crippen molar-refractivity contribution in [3.05, 3.63) is 35.4 Å². The molecule has 0 saturated heterocycles. The quantitative estimate of drug-likeness (QED) is 0.847. The smallest absolute Gasteiger partial charge is 0.223 e. The Bertz CT molecular complexity index is 514. The Morgan fingerprint density at radius 2 is 1.86 bits per heavy atom. The Morgan fingerprint density at radius 3 is 2.43 bits per heavy atom. The number of carbonyl (C=O) groups is 1. The van der Waals surface area contributed by atoms with Gasteiger partial charge in [-0.25, -0.2) is 0 Å². The number of rotatable bonds is 3. The summed E-state index contributed by atoms with van der Waals surface area (Å²) < 4.78 is -1.57. The lowest BCUT2D eigenvalue weighted by Gasteiger charge is -2.39. The molecule has 21 heavy (non-hydrogen) atoms. The van der Waals surface area contributed by atoms with Crippen LogP contribution in [0.2, 0.25) is 0 Å². The number of nitrogens with zero attached hydrogens (tertiary/aromatic N) is 1. The van der Waals surface area contributed by atoms with Gasteiger partial charge in [-0.2, -0.15) is 0 Å². The second-order valence-corrected chi connectivity index (χ2v) is 7.97. The number of benzene rings is 1. The molecule has 1 amide bonds. The fourth-order valence-electron chi connectivity index (χ4n) is 2.42. The fourth-order valence-corrected chi connectivity index (χ4v) is 3.00. The average Bonchev–Trinajstić information content (AvgIpc) is 2.42. The molecule has 1 heterocycles. The van der Waals surface area contributed by atoms with Gasteiger partial charge < -0.3 is 5.32 Å². The Hall–Kier alpha value is -0.480. The molecule has 1 atom stereocenters. The van der Waals surface area contributed by atoms with Crippen molar-refractivity contribution < 1.29 is 4.79 Å². The predicted octanol–water partition coefficient (Wildman–Crippen LogP) is 3.51. The maximum Gasteiger partial charge on any atom is 0.223 e. The second kappa shape index (κ2) is 6.74. The summed E-state index contributed by atoms with van der Waals surface area (Å²) in [6, 6.07) is 8.21. The van der Waals surface area contributed by atoms with Gasteiger partial charge in [0, 0.05) is 19.0 Å². The van der Waals surface area contributed by atoms with E-state index in [1.165, 1.54) is 11.1 Å². The second-order valence-electron chi connectivity index (χ2n) is 5.60. The van der Waals surface area contributed by atoms with Crippen molar-refractivity contribution in [3.63, 3.8) is 0 Å². The van der Waals surface area contributed by atoms with E-state index in [9.17, 15) is 4.79 Å². The van der Waals surface area contributed by atoms with Gasteiger partial charge in [0.05, 0.1) is 0 Å². The molecule has 0 aliphatic carbocycles. The van der Waals surface area contributed by atoms with Crippen LogP contribution in [0.4, 0.5) is 0 Å². The third-order valence-corrected chi connectivity index (χ3v) is 4.26. The third kappa shape index (κ3) is 4.26. The van der Waals surface area contributed by atoms with Crippen LogP contribution in [-0.4, -0.2) is 27.3 Å². The lowest BCUT2D eigenvalue weighted by Crippen LogP contribution is -2.57. The molecular formula is C15H19Cl3N2O. The van der Waals surface area contributed by atoms with Crippen LogP contribution in [0.15, 0.2) is 24.3 Å². The first kappa shape index (κ1) is 16.9. The van der Waals surface area contributed by atoms with Gasteiger partial charge in [0.15, 0.2) is 0 Å². The summed E-state index contributed by atoms with van der Waals surface area (Å²) in [5.41, 5.74) is 2.52. The van der Waals surface area contributed by atoms with Crippen molar-refractivity contribution in [2.75, 3.05) is 6.54 Å². The lowest BCUT2D eigenvalue weighted by molar-refractivity contribution is -0.126. The van der Waals surface area contributed by atoms with Crippen LogP contribution in [0, 0.1) is 5.92 Å². The van der Waals surface area contributed by atoms with E-state index in [1.807, 2.05) is 30.9 Å². The Kier molecular flexibility index (Phi) is 5.42. The molecule has 0 bridgehead atoms. The van der Waals surface area contributed by atoms with Crippen LogP contribution < -0.4 is 5.32 Å². The average molecular weight is 350 g/mol. The van der Waals surface area contributed by atoms with E-state index in [2.05, 4.69) is 17.4 Å². The summed E-state index contributed by atoms with van der Waals surface area (Å²) in [6.45, 7) is 5.04. The van der Waals surface area contributed by atoms with Gasteiger partial charge in [0.25, 0.3) is 0 Å².